The lowest BCUT2D eigenvalue weighted by atomic mass is 10.0. The molecule has 4 heteroatoms. The summed E-state index contributed by atoms with van der Waals surface area (Å²) in [6.07, 6.45) is 1.21. The second-order valence-corrected chi connectivity index (χ2v) is 4.16. The van der Waals surface area contributed by atoms with Gasteiger partial charge < -0.3 is 9.47 Å². The molecule has 0 amide bonds. The number of hydrogen-bond acceptors (Lipinski definition) is 4. The molecule has 0 radical (unpaired) electrons. The zero-order valence-electron chi connectivity index (χ0n) is 11.0. The standard InChI is InChI=1S/C14H18O4/c1-10-6-11(4-5-13(15)17-2)8-12(7-10)9-14(16)18-3/h6-8H,4-5,9H2,1-3H3. The molecule has 0 unspecified atom stereocenters. The minimum absolute atomic E-state index is 0.231. The molecule has 0 aliphatic rings. The number of benzene rings is 1. The van der Waals surface area contributed by atoms with E-state index in [2.05, 4.69) is 9.47 Å². The molecule has 0 spiro atoms. The molecule has 1 rings (SSSR count). The second kappa shape index (κ2) is 6.79. The Morgan fingerprint density at radius 3 is 2.22 bits per heavy atom. The highest BCUT2D eigenvalue weighted by Crippen LogP contribution is 2.13. The van der Waals surface area contributed by atoms with Crippen LogP contribution in [0.2, 0.25) is 0 Å². The largest absolute Gasteiger partial charge is 0.469 e. The topological polar surface area (TPSA) is 52.6 Å². The Bertz CT molecular complexity index is 437. The van der Waals surface area contributed by atoms with E-state index in [1.165, 1.54) is 14.2 Å². The summed E-state index contributed by atoms with van der Waals surface area (Å²) in [4.78, 5) is 22.3. The third kappa shape index (κ3) is 4.57. The molecule has 0 heterocycles. The highest BCUT2D eigenvalue weighted by molar-refractivity contribution is 5.72. The lowest BCUT2D eigenvalue weighted by Crippen LogP contribution is -2.06. The first-order valence-corrected chi connectivity index (χ1v) is 5.78. The van der Waals surface area contributed by atoms with Gasteiger partial charge in [0.1, 0.15) is 0 Å². The minimum atomic E-state index is -0.264. The van der Waals surface area contributed by atoms with E-state index in [0.29, 0.717) is 12.8 Å². The van der Waals surface area contributed by atoms with Gasteiger partial charge in [-0.3, -0.25) is 9.59 Å². The molecule has 0 aliphatic carbocycles. The van der Waals surface area contributed by atoms with Crippen LogP contribution in [-0.2, 0) is 31.9 Å². The van der Waals surface area contributed by atoms with Crippen LogP contribution in [0.5, 0.6) is 0 Å². The lowest BCUT2D eigenvalue weighted by molar-refractivity contribution is -0.141. The van der Waals surface area contributed by atoms with Crippen LogP contribution in [0.15, 0.2) is 18.2 Å². The van der Waals surface area contributed by atoms with Crippen molar-refractivity contribution in [1.29, 1.82) is 0 Å². The molecular formula is C14H18O4. The molecule has 18 heavy (non-hydrogen) atoms. The summed E-state index contributed by atoms with van der Waals surface area (Å²) in [5.41, 5.74) is 3.00. The molecule has 1 aromatic carbocycles. The number of aryl methyl sites for hydroxylation is 2. The summed E-state index contributed by atoms with van der Waals surface area (Å²) in [6.45, 7) is 1.96. The van der Waals surface area contributed by atoms with Crippen molar-refractivity contribution in [2.45, 2.75) is 26.2 Å². The predicted octanol–water partition coefficient (Wildman–Crippen LogP) is 1.82. The highest BCUT2D eigenvalue weighted by Gasteiger charge is 2.07. The molecule has 98 valence electrons. The van der Waals surface area contributed by atoms with Crippen molar-refractivity contribution < 1.29 is 19.1 Å². The van der Waals surface area contributed by atoms with Gasteiger partial charge in [0, 0.05) is 6.42 Å². The number of rotatable bonds is 5. The Kier molecular flexibility index (Phi) is 5.36. The normalized spacial score (nSPS) is 9.94. The summed E-state index contributed by atoms with van der Waals surface area (Å²) in [7, 11) is 2.75. The van der Waals surface area contributed by atoms with E-state index in [1.54, 1.807) is 0 Å². The Hall–Kier alpha value is -1.84. The number of esters is 2. The van der Waals surface area contributed by atoms with Crippen LogP contribution in [0.25, 0.3) is 0 Å². The van der Waals surface area contributed by atoms with Gasteiger partial charge in [0.25, 0.3) is 0 Å². The van der Waals surface area contributed by atoms with Crippen molar-refractivity contribution in [3.05, 3.63) is 34.9 Å². The number of carbonyl (C=O) groups is 2. The van der Waals surface area contributed by atoms with Crippen LogP contribution in [0, 0.1) is 6.92 Å². The maximum absolute atomic E-state index is 11.2. The molecule has 0 aromatic heterocycles. The average Bonchev–Trinajstić information content (AvgIpc) is 2.35. The van der Waals surface area contributed by atoms with Crippen LogP contribution in [0.4, 0.5) is 0 Å². The number of ether oxygens (including phenoxy) is 2. The van der Waals surface area contributed by atoms with E-state index in [1.807, 2.05) is 25.1 Å². The van der Waals surface area contributed by atoms with E-state index < -0.39 is 0 Å². The third-order valence-electron chi connectivity index (χ3n) is 2.62. The third-order valence-corrected chi connectivity index (χ3v) is 2.62. The molecule has 0 saturated carbocycles. The molecule has 0 saturated heterocycles. The molecule has 0 N–H and O–H groups in total. The Morgan fingerprint density at radius 2 is 1.61 bits per heavy atom. The summed E-state index contributed by atoms with van der Waals surface area (Å²) in [5, 5.41) is 0. The van der Waals surface area contributed by atoms with Crippen LogP contribution < -0.4 is 0 Å². The van der Waals surface area contributed by atoms with Crippen molar-refractivity contribution in [3.63, 3.8) is 0 Å². The first-order chi connectivity index (χ1) is 8.55. The van der Waals surface area contributed by atoms with Crippen LogP contribution in [0.1, 0.15) is 23.1 Å². The van der Waals surface area contributed by atoms with Crippen LogP contribution in [-0.4, -0.2) is 26.2 Å². The smallest absolute Gasteiger partial charge is 0.309 e. The Labute approximate surface area is 107 Å². The molecule has 1 aromatic rings. The second-order valence-electron chi connectivity index (χ2n) is 4.16. The van der Waals surface area contributed by atoms with Gasteiger partial charge in [-0.1, -0.05) is 23.8 Å². The minimum Gasteiger partial charge on any atom is -0.469 e. The summed E-state index contributed by atoms with van der Waals surface area (Å²) < 4.78 is 9.24. The van der Waals surface area contributed by atoms with Gasteiger partial charge >= 0.3 is 11.9 Å². The number of carbonyl (C=O) groups excluding carboxylic acids is 2. The molecule has 0 aliphatic heterocycles. The summed E-state index contributed by atoms with van der Waals surface area (Å²) in [5.74, 6) is -0.495. The lowest BCUT2D eigenvalue weighted by Gasteiger charge is -2.06. The van der Waals surface area contributed by atoms with E-state index in [4.69, 9.17) is 0 Å². The molecule has 4 nitrogen and oxygen atoms in total. The molecule has 0 atom stereocenters. The number of hydrogen-bond donors (Lipinski definition) is 0. The fourth-order valence-corrected chi connectivity index (χ4v) is 1.78. The van der Waals surface area contributed by atoms with Crippen LogP contribution >= 0.6 is 0 Å². The van der Waals surface area contributed by atoms with E-state index in [9.17, 15) is 9.59 Å². The van der Waals surface area contributed by atoms with Crippen molar-refractivity contribution in [2.24, 2.45) is 0 Å². The maximum atomic E-state index is 11.2. The Balaban J connectivity index is 2.74. The van der Waals surface area contributed by atoms with E-state index in [-0.39, 0.29) is 18.4 Å². The number of methoxy groups -OCH3 is 2. The fraction of sp³-hybridized carbons (Fsp3) is 0.429. The first kappa shape index (κ1) is 14.2. The van der Waals surface area contributed by atoms with Crippen molar-refractivity contribution in [3.8, 4) is 0 Å². The average molecular weight is 250 g/mol. The highest BCUT2D eigenvalue weighted by atomic mass is 16.5. The summed E-state index contributed by atoms with van der Waals surface area (Å²) >= 11 is 0. The Morgan fingerprint density at radius 1 is 1.00 bits per heavy atom. The van der Waals surface area contributed by atoms with Crippen molar-refractivity contribution in [1.82, 2.24) is 0 Å². The van der Waals surface area contributed by atoms with Gasteiger partial charge in [-0.05, 0) is 24.5 Å². The maximum Gasteiger partial charge on any atom is 0.309 e. The van der Waals surface area contributed by atoms with Gasteiger partial charge in [0.2, 0.25) is 0 Å². The van der Waals surface area contributed by atoms with Crippen molar-refractivity contribution in [2.75, 3.05) is 14.2 Å². The quantitative estimate of drug-likeness (QED) is 0.748. The monoisotopic (exact) mass is 250 g/mol. The molecule has 0 bridgehead atoms. The summed E-state index contributed by atoms with van der Waals surface area (Å²) in [6, 6.07) is 5.87. The van der Waals surface area contributed by atoms with Crippen molar-refractivity contribution >= 4 is 11.9 Å². The van der Waals surface area contributed by atoms with Gasteiger partial charge in [-0.25, -0.2) is 0 Å². The van der Waals surface area contributed by atoms with Crippen LogP contribution in [0.3, 0.4) is 0 Å². The van der Waals surface area contributed by atoms with Gasteiger partial charge in [0.15, 0.2) is 0 Å². The molecule has 0 fully saturated rings. The van der Waals surface area contributed by atoms with Gasteiger partial charge in [-0.2, -0.15) is 0 Å². The molecular weight excluding hydrogens is 232 g/mol. The SMILES string of the molecule is COC(=O)CCc1cc(C)cc(CC(=O)OC)c1. The van der Waals surface area contributed by atoms with Gasteiger partial charge in [-0.15, -0.1) is 0 Å². The van der Waals surface area contributed by atoms with Gasteiger partial charge in [0.05, 0.1) is 20.6 Å². The predicted molar refractivity (Wildman–Crippen MR) is 67.2 cm³/mol. The van der Waals surface area contributed by atoms with E-state index in [0.717, 1.165) is 16.7 Å². The van der Waals surface area contributed by atoms with E-state index >= 15 is 0 Å². The first-order valence-electron chi connectivity index (χ1n) is 5.78. The zero-order valence-corrected chi connectivity index (χ0v) is 11.0. The zero-order chi connectivity index (χ0) is 13.5. The fourth-order valence-electron chi connectivity index (χ4n) is 1.78.